The summed E-state index contributed by atoms with van der Waals surface area (Å²) in [5, 5.41) is 10.2. The van der Waals surface area contributed by atoms with Gasteiger partial charge in [-0.15, -0.1) is 11.3 Å². The van der Waals surface area contributed by atoms with E-state index in [4.69, 9.17) is 31.8 Å². The van der Waals surface area contributed by atoms with Gasteiger partial charge >= 0.3 is 0 Å². The smallest absolute Gasteiger partial charge is 0.210 e. The second-order valence-corrected chi connectivity index (χ2v) is 13.1. The zero-order valence-electron chi connectivity index (χ0n) is 26.3. The van der Waals surface area contributed by atoms with Gasteiger partial charge in [0.2, 0.25) is 5.88 Å². The molecule has 7 nitrogen and oxygen atoms in total. The molecule has 0 saturated carbocycles. The van der Waals surface area contributed by atoms with E-state index in [9.17, 15) is 14.0 Å². The average Bonchev–Trinajstić information content (AvgIpc) is 3.64. The molecule has 0 amide bonds. The number of nitrogen functional groups attached to an aromatic ring is 1. The molecule has 6 rings (SSSR count). The van der Waals surface area contributed by atoms with Gasteiger partial charge in [0, 0.05) is 48.8 Å². The Balaban J connectivity index is 0.000000393. The molecule has 12 heteroatoms. The SMILES string of the molecule is CC/C=C(/N=C(\c1cc(Cl)c(-c2ccc(F)c3sc(N)c(C#N)c23)c(F)c1C)N1CCCOCC1)OC.FC1CC2CCCN2C1. The maximum Gasteiger partial charge on any atom is 0.210 e. The minimum atomic E-state index is -0.582. The molecule has 0 aliphatic carbocycles. The van der Waals surface area contributed by atoms with Crippen LogP contribution in [0.5, 0.6) is 0 Å². The van der Waals surface area contributed by atoms with Crippen LogP contribution in [0.25, 0.3) is 21.2 Å². The van der Waals surface area contributed by atoms with Crippen LogP contribution in [-0.2, 0) is 9.47 Å². The molecule has 3 aliphatic heterocycles. The summed E-state index contributed by atoms with van der Waals surface area (Å²) in [6.45, 7) is 7.86. The number of anilines is 1. The van der Waals surface area contributed by atoms with Gasteiger partial charge in [-0.05, 0) is 74.9 Å². The van der Waals surface area contributed by atoms with E-state index in [2.05, 4.69) is 4.90 Å². The molecule has 0 spiro atoms. The van der Waals surface area contributed by atoms with E-state index in [1.807, 2.05) is 24.0 Å². The van der Waals surface area contributed by atoms with Crippen LogP contribution >= 0.6 is 22.9 Å². The highest BCUT2D eigenvalue weighted by Crippen LogP contribution is 2.44. The Morgan fingerprint density at radius 1 is 1.26 bits per heavy atom. The van der Waals surface area contributed by atoms with Gasteiger partial charge in [0.1, 0.15) is 34.7 Å². The lowest BCUT2D eigenvalue weighted by molar-refractivity contribution is 0.147. The number of aliphatic imine (C=N–C) groups is 1. The van der Waals surface area contributed by atoms with Crippen LogP contribution < -0.4 is 5.73 Å². The van der Waals surface area contributed by atoms with E-state index in [0.29, 0.717) is 73.7 Å². The molecule has 3 aliphatic rings. The number of hydrogen-bond donors (Lipinski definition) is 1. The number of rotatable bonds is 5. The number of benzene rings is 2. The van der Waals surface area contributed by atoms with E-state index in [1.54, 1.807) is 13.0 Å². The fourth-order valence-electron chi connectivity index (χ4n) is 6.45. The van der Waals surface area contributed by atoms with Crippen LogP contribution in [0.15, 0.2) is 35.2 Å². The lowest BCUT2D eigenvalue weighted by Crippen LogP contribution is -2.35. The first-order valence-corrected chi connectivity index (χ1v) is 16.8. The summed E-state index contributed by atoms with van der Waals surface area (Å²) in [6.07, 6.45) is 6.15. The normalized spacial score (nSPS) is 20.7. The summed E-state index contributed by atoms with van der Waals surface area (Å²) in [4.78, 5) is 9.07. The van der Waals surface area contributed by atoms with Crippen molar-refractivity contribution in [1.82, 2.24) is 9.80 Å². The number of ether oxygens (including phenoxy) is 2. The maximum atomic E-state index is 16.2. The van der Waals surface area contributed by atoms with E-state index in [0.717, 1.165) is 30.7 Å². The van der Waals surface area contributed by atoms with E-state index < -0.39 is 17.8 Å². The van der Waals surface area contributed by atoms with Crippen LogP contribution in [0.3, 0.4) is 0 Å². The van der Waals surface area contributed by atoms with Crippen molar-refractivity contribution in [3.8, 4) is 17.2 Å². The molecule has 1 aromatic heterocycles. The van der Waals surface area contributed by atoms with E-state index >= 15 is 4.39 Å². The molecular weight excluding hydrogens is 635 g/mol. The first kappa shape index (κ1) is 34.0. The van der Waals surface area contributed by atoms with Crippen LogP contribution in [0.2, 0.25) is 5.02 Å². The third kappa shape index (κ3) is 7.00. The lowest BCUT2D eigenvalue weighted by Gasteiger charge is -2.26. The van der Waals surface area contributed by atoms with Crippen molar-refractivity contribution in [2.75, 3.05) is 52.2 Å². The fourth-order valence-corrected chi connectivity index (χ4v) is 7.69. The zero-order valence-corrected chi connectivity index (χ0v) is 27.9. The summed E-state index contributed by atoms with van der Waals surface area (Å²) in [5.41, 5.74) is 7.30. The molecule has 4 heterocycles. The van der Waals surface area contributed by atoms with Crippen molar-refractivity contribution in [3.63, 3.8) is 0 Å². The van der Waals surface area contributed by atoms with Gasteiger partial charge < -0.3 is 20.1 Å². The van der Waals surface area contributed by atoms with Gasteiger partial charge in [-0.3, -0.25) is 4.90 Å². The number of fused-ring (bicyclic) bond motifs is 2. The zero-order chi connectivity index (χ0) is 33.0. The highest BCUT2D eigenvalue weighted by molar-refractivity contribution is 7.23. The van der Waals surface area contributed by atoms with Gasteiger partial charge in [-0.25, -0.2) is 13.2 Å². The minimum absolute atomic E-state index is 0.0804. The summed E-state index contributed by atoms with van der Waals surface area (Å²) < 4.78 is 54.7. The molecular formula is C34H39ClF3N5O2S. The molecule has 246 valence electrons. The third-order valence-corrected chi connectivity index (χ3v) is 10.0. The Hall–Kier alpha value is -3.30. The van der Waals surface area contributed by atoms with Crippen molar-refractivity contribution in [2.24, 2.45) is 4.99 Å². The largest absolute Gasteiger partial charge is 0.481 e. The Kier molecular flexibility index (Phi) is 11.2. The number of nitriles is 1. The third-order valence-electron chi connectivity index (χ3n) is 8.69. The Bertz CT molecular complexity index is 1670. The number of allylic oxidation sites excluding steroid dienone is 1. The molecule has 3 aromatic rings. The number of hydrogen-bond acceptors (Lipinski definition) is 7. The van der Waals surface area contributed by atoms with Crippen LogP contribution in [0, 0.1) is 29.9 Å². The second-order valence-electron chi connectivity index (χ2n) is 11.6. The number of methoxy groups -OCH3 is 1. The first-order valence-electron chi connectivity index (χ1n) is 15.6. The molecule has 46 heavy (non-hydrogen) atoms. The fraction of sp³-hybridized carbons (Fsp3) is 0.471. The summed E-state index contributed by atoms with van der Waals surface area (Å²) in [6, 6.07) is 6.96. The van der Waals surface area contributed by atoms with Gasteiger partial charge in [0.15, 0.2) is 0 Å². The Morgan fingerprint density at radius 2 is 2.07 bits per heavy atom. The highest BCUT2D eigenvalue weighted by atomic mass is 35.5. The van der Waals surface area contributed by atoms with Crippen molar-refractivity contribution in [1.29, 1.82) is 5.26 Å². The van der Waals surface area contributed by atoms with Crippen molar-refractivity contribution in [2.45, 2.75) is 58.2 Å². The van der Waals surface area contributed by atoms with Crippen molar-refractivity contribution < 1.29 is 22.6 Å². The number of amidine groups is 1. The highest BCUT2D eigenvalue weighted by Gasteiger charge is 2.34. The molecule has 2 atom stereocenters. The number of nitrogens with two attached hydrogens (primary N) is 1. The van der Waals surface area contributed by atoms with Gasteiger partial charge in [-0.1, -0.05) is 24.6 Å². The summed E-state index contributed by atoms with van der Waals surface area (Å²) in [5.74, 6) is -0.176. The standard InChI is InChI=1S/C27H27ClF2N4O2S.C7H12FN/c1-4-6-21(35-3)33-27(34-9-5-11-36-12-10-34)17-13-19(28)23(24(30)15(17)2)16-7-8-20(29)25-22(16)18(14-31)26(32)37-25;8-6-4-7-2-1-3-9(7)5-6/h6-8,13H,4-5,9-12,32H2,1-3H3;6-7H,1-5H2/b21-6-,33-27+;. The molecule has 3 saturated heterocycles. The van der Waals surface area contributed by atoms with Gasteiger partial charge in [0.25, 0.3) is 0 Å². The topological polar surface area (TPSA) is 87.1 Å². The summed E-state index contributed by atoms with van der Waals surface area (Å²) >= 11 is 7.70. The van der Waals surface area contributed by atoms with Gasteiger partial charge in [-0.2, -0.15) is 10.3 Å². The molecule has 2 N–H and O–H groups in total. The molecule has 2 unspecified atom stereocenters. The van der Waals surface area contributed by atoms with Crippen LogP contribution in [0.4, 0.5) is 18.2 Å². The number of alkyl halides is 1. The quantitative estimate of drug-likeness (QED) is 0.169. The predicted octanol–water partition coefficient (Wildman–Crippen LogP) is 7.82. The molecule has 0 radical (unpaired) electrons. The Morgan fingerprint density at radius 3 is 2.78 bits per heavy atom. The first-order chi connectivity index (χ1) is 22.2. The maximum absolute atomic E-state index is 16.2. The van der Waals surface area contributed by atoms with Crippen molar-refractivity contribution >= 4 is 43.9 Å². The van der Waals surface area contributed by atoms with E-state index in [-0.39, 0.29) is 31.2 Å². The number of thiophene rings is 1. The van der Waals surface area contributed by atoms with E-state index in [1.165, 1.54) is 32.1 Å². The molecule has 0 bridgehead atoms. The minimum Gasteiger partial charge on any atom is -0.481 e. The van der Waals surface area contributed by atoms with Crippen LogP contribution in [-0.4, -0.2) is 74.4 Å². The molecule has 2 aromatic carbocycles. The second kappa shape index (κ2) is 15.1. The molecule has 3 fully saturated rings. The number of halogens is 4. The summed E-state index contributed by atoms with van der Waals surface area (Å²) in [7, 11) is 1.54. The van der Waals surface area contributed by atoms with Crippen LogP contribution in [0.1, 0.15) is 55.7 Å². The van der Waals surface area contributed by atoms with Crippen molar-refractivity contribution in [3.05, 3.63) is 63.5 Å². The average molecular weight is 674 g/mol. The lowest BCUT2D eigenvalue weighted by atomic mass is 9.94. The monoisotopic (exact) mass is 673 g/mol. The Labute approximate surface area is 277 Å². The van der Waals surface area contributed by atoms with Gasteiger partial charge in [0.05, 0.1) is 29.0 Å². The number of nitrogens with zero attached hydrogens (tertiary/aromatic N) is 4. The predicted molar refractivity (Wildman–Crippen MR) is 179 cm³/mol.